The van der Waals surface area contributed by atoms with Gasteiger partial charge in [-0.2, -0.15) is 0 Å². The minimum Gasteiger partial charge on any atom is -0.352 e. The van der Waals surface area contributed by atoms with Crippen molar-refractivity contribution < 1.29 is 18.0 Å². The number of nitrogens with one attached hydrogen (secondary N) is 1. The standard InChI is InChI=1S/C28H30Cl3N3O4S/c1-4-19(2)32-28(36)20(3)33(17-21-14-15-23(29)25(31)16-21)27(35)18-34(26-13-9-8-12-24(26)30)39(37,38)22-10-6-5-7-11-22/h5-16,19-20H,4,17-18H2,1-3H3,(H,32,36)/t19-,20+/m0/s1. The molecule has 2 atom stereocenters. The summed E-state index contributed by atoms with van der Waals surface area (Å²) in [4.78, 5) is 28.3. The van der Waals surface area contributed by atoms with Crippen molar-refractivity contribution in [3.8, 4) is 0 Å². The zero-order valence-electron chi connectivity index (χ0n) is 21.8. The Morgan fingerprint density at radius 3 is 2.13 bits per heavy atom. The third kappa shape index (κ3) is 7.66. The number of halogens is 3. The van der Waals surface area contributed by atoms with Gasteiger partial charge in [-0.3, -0.25) is 13.9 Å². The summed E-state index contributed by atoms with van der Waals surface area (Å²) in [6, 6.07) is 18.0. The molecule has 0 aliphatic carbocycles. The monoisotopic (exact) mass is 609 g/mol. The van der Waals surface area contributed by atoms with Crippen molar-refractivity contribution in [2.24, 2.45) is 0 Å². The van der Waals surface area contributed by atoms with Crippen LogP contribution in [0.4, 0.5) is 5.69 Å². The van der Waals surface area contributed by atoms with E-state index in [1.54, 1.807) is 61.5 Å². The first-order valence-electron chi connectivity index (χ1n) is 12.3. The molecule has 39 heavy (non-hydrogen) atoms. The first kappa shape index (κ1) is 30.8. The molecule has 0 heterocycles. The topological polar surface area (TPSA) is 86.8 Å². The van der Waals surface area contributed by atoms with E-state index in [4.69, 9.17) is 34.8 Å². The molecule has 0 unspecified atom stereocenters. The van der Waals surface area contributed by atoms with E-state index < -0.39 is 28.5 Å². The molecule has 208 valence electrons. The summed E-state index contributed by atoms with van der Waals surface area (Å²) in [6.45, 7) is 4.79. The highest BCUT2D eigenvalue weighted by atomic mass is 35.5. The zero-order valence-corrected chi connectivity index (χ0v) is 24.9. The maximum atomic E-state index is 13.9. The number of anilines is 1. The highest BCUT2D eigenvalue weighted by molar-refractivity contribution is 7.92. The van der Waals surface area contributed by atoms with Crippen molar-refractivity contribution in [1.29, 1.82) is 0 Å². The lowest BCUT2D eigenvalue weighted by atomic mass is 10.1. The van der Waals surface area contributed by atoms with E-state index in [9.17, 15) is 18.0 Å². The van der Waals surface area contributed by atoms with Crippen LogP contribution in [0.3, 0.4) is 0 Å². The maximum Gasteiger partial charge on any atom is 0.264 e. The van der Waals surface area contributed by atoms with Crippen molar-refractivity contribution in [1.82, 2.24) is 10.2 Å². The first-order chi connectivity index (χ1) is 18.4. The highest BCUT2D eigenvalue weighted by Crippen LogP contribution is 2.31. The van der Waals surface area contributed by atoms with Gasteiger partial charge >= 0.3 is 0 Å². The Balaban J connectivity index is 2.04. The fourth-order valence-corrected chi connectivity index (χ4v) is 5.83. The van der Waals surface area contributed by atoms with Gasteiger partial charge in [0.05, 0.1) is 25.7 Å². The summed E-state index contributed by atoms with van der Waals surface area (Å²) < 4.78 is 28.5. The normalized spacial score (nSPS) is 12.9. The molecule has 0 spiro atoms. The molecule has 2 amide bonds. The molecule has 7 nitrogen and oxygen atoms in total. The number of nitrogens with zero attached hydrogens (tertiary/aromatic N) is 2. The Bertz CT molecular complexity index is 1420. The Labute approximate surface area is 244 Å². The molecule has 0 radical (unpaired) electrons. The van der Waals surface area contributed by atoms with E-state index in [0.29, 0.717) is 22.0 Å². The van der Waals surface area contributed by atoms with Crippen LogP contribution >= 0.6 is 34.8 Å². The molecule has 0 aliphatic heterocycles. The van der Waals surface area contributed by atoms with E-state index in [0.717, 1.165) is 4.31 Å². The van der Waals surface area contributed by atoms with Crippen LogP contribution in [0, 0.1) is 0 Å². The molecule has 0 saturated heterocycles. The van der Waals surface area contributed by atoms with Gasteiger partial charge < -0.3 is 10.2 Å². The van der Waals surface area contributed by atoms with E-state index >= 15 is 0 Å². The molecular weight excluding hydrogens is 581 g/mol. The largest absolute Gasteiger partial charge is 0.352 e. The van der Waals surface area contributed by atoms with Crippen molar-refractivity contribution >= 4 is 62.3 Å². The fourth-order valence-electron chi connectivity index (χ4n) is 3.77. The summed E-state index contributed by atoms with van der Waals surface area (Å²) in [7, 11) is -4.20. The second-order valence-electron chi connectivity index (χ2n) is 9.04. The number of benzene rings is 3. The van der Waals surface area contributed by atoms with Gasteiger partial charge in [-0.25, -0.2) is 8.42 Å². The molecule has 0 saturated carbocycles. The smallest absolute Gasteiger partial charge is 0.264 e. The summed E-state index contributed by atoms with van der Waals surface area (Å²) in [5.74, 6) is -0.972. The minimum absolute atomic E-state index is 0.00341. The molecule has 0 aliphatic rings. The number of hydrogen-bond acceptors (Lipinski definition) is 4. The number of rotatable bonds is 11. The quantitative estimate of drug-likeness (QED) is 0.281. The molecule has 11 heteroatoms. The van der Waals surface area contributed by atoms with Gasteiger partial charge in [0.25, 0.3) is 10.0 Å². The third-order valence-electron chi connectivity index (χ3n) is 6.24. The van der Waals surface area contributed by atoms with Gasteiger partial charge in [0, 0.05) is 12.6 Å². The number of carbonyl (C=O) groups excluding carboxylic acids is 2. The van der Waals surface area contributed by atoms with Gasteiger partial charge in [-0.15, -0.1) is 0 Å². The Morgan fingerprint density at radius 2 is 1.51 bits per heavy atom. The van der Waals surface area contributed by atoms with E-state index in [2.05, 4.69) is 5.32 Å². The van der Waals surface area contributed by atoms with Crippen molar-refractivity contribution in [2.45, 2.75) is 50.7 Å². The van der Waals surface area contributed by atoms with Gasteiger partial charge in [0.15, 0.2) is 0 Å². The van der Waals surface area contributed by atoms with Crippen LogP contribution in [-0.2, 0) is 26.2 Å². The summed E-state index contributed by atoms with van der Waals surface area (Å²) in [6.07, 6.45) is 0.703. The van der Waals surface area contributed by atoms with Crippen LogP contribution in [0.25, 0.3) is 0 Å². The van der Waals surface area contributed by atoms with E-state index in [1.807, 2.05) is 13.8 Å². The minimum atomic E-state index is -4.20. The Morgan fingerprint density at radius 1 is 0.872 bits per heavy atom. The lowest BCUT2D eigenvalue weighted by molar-refractivity contribution is -0.139. The zero-order chi connectivity index (χ0) is 28.7. The SMILES string of the molecule is CC[C@H](C)NC(=O)[C@@H](C)N(Cc1ccc(Cl)c(Cl)c1)C(=O)CN(c1ccccc1Cl)S(=O)(=O)c1ccccc1. The molecule has 3 rings (SSSR count). The molecule has 0 bridgehead atoms. The van der Waals surface area contributed by atoms with Crippen molar-refractivity contribution in [3.63, 3.8) is 0 Å². The van der Waals surface area contributed by atoms with E-state index in [-0.39, 0.29) is 34.1 Å². The van der Waals surface area contributed by atoms with Crippen LogP contribution in [0.2, 0.25) is 15.1 Å². The molecule has 1 N–H and O–H groups in total. The fraction of sp³-hybridized carbons (Fsp3) is 0.286. The summed E-state index contributed by atoms with van der Waals surface area (Å²) >= 11 is 18.7. The number of para-hydroxylation sites is 1. The number of amides is 2. The van der Waals surface area contributed by atoms with Gasteiger partial charge in [0.1, 0.15) is 12.6 Å². The lowest BCUT2D eigenvalue weighted by Crippen LogP contribution is -2.52. The van der Waals surface area contributed by atoms with Gasteiger partial charge in [0.2, 0.25) is 11.8 Å². The number of sulfonamides is 1. The Kier molecular flexibility index (Phi) is 10.7. The van der Waals surface area contributed by atoms with Crippen molar-refractivity contribution in [3.05, 3.63) is 93.4 Å². The molecule has 0 fully saturated rings. The highest BCUT2D eigenvalue weighted by Gasteiger charge is 2.33. The van der Waals surface area contributed by atoms with Crippen LogP contribution in [0.15, 0.2) is 77.7 Å². The number of carbonyl (C=O) groups is 2. The second-order valence-corrected chi connectivity index (χ2v) is 12.1. The van der Waals surface area contributed by atoms with Crippen molar-refractivity contribution in [2.75, 3.05) is 10.8 Å². The Hall–Kier alpha value is -2.78. The van der Waals surface area contributed by atoms with Crippen LogP contribution < -0.4 is 9.62 Å². The molecule has 0 aromatic heterocycles. The van der Waals surface area contributed by atoms with Crippen LogP contribution in [0.1, 0.15) is 32.8 Å². The molecule has 3 aromatic carbocycles. The van der Waals surface area contributed by atoms with Gasteiger partial charge in [-0.1, -0.05) is 78.1 Å². The number of hydrogen-bond donors (Lipinski definition) is 1. The predicted octanol–water partition coefficient (Wildman–Crippen LogP) is 6.17. The van der Waals surface area contributed by atoms with Gasteiger partial charge in [-0.05, 0) is 62.2 Å². The summed E-state index contributed by atoms with van der Waals surface area (Å²) in [5.41, 5.74) is 0.763. The lowest BCUT2D eigenvalue weighted by Gasteiger charge is -2.32. The maximum absolute atomic E-state index is 13.9. The first-order valence-corrected chi connectivity index (χ1v) is 14.9. The van der Waals surface area contributed by atoms with Crippen LogP contribution in [-0.4, -0.2) is 43.8 Å². The third-order valence-corrected chi connectivity index (χ3v) is 9.07. The van der Waals surface area contributed by atoms with Crippen LogP contribution in [0.5, 0.6) is 0 Å². The van der Waals surface area contributed by atoms with E-state index in [1.165, 1.54) is 23.1 Å². The average Bonchev–Trinajstić information content (AvgIpc) is 2.92. The predicted molar refractivity (Wildman–Crippen MR) is 157 cm³/mol. The second kappa shape index (κ2) is 13.5. The molecule has 3 aromatic rings. The molecular formula is C28H30Cl3N3O4S. The summed E-state index contributed by atoms with van der Waals surface area (Å²) in [5, 5.41) is 3.69. The average molecular weight is 611 g/mol.